The monoisotopic (exact) mass is 259 g/mol. The normalized spacial score (nSPS) is 16.4. The number of methoxy groups -OCH3 is 1. The second-order valence-corrected chi connectivity index (χ2v) is 4.94. The quantitative estimate of drug-likeness (QED) is 0.763. The van der Waals surface area contributed by atoms with E-state index in [9.17, 15) is 0 Å². The van der Waals surface area contributed by atoms with Crippen molar-refractivity contribution >= 4 is 0 Å². The highest BCUT2D eigenvalue weighted by atomic mass is 16.5. The number of rotatable bonds is 7. The SMILES string of the molecule is C#CCOc1ccccc1CNCC1(OC)CCC1. The molecule has 0 aliphatic heterocycles. The summed E-state index contributed by atoms with van der Waals surface area (Å²) >= 11 is 0. The summed E-state index contributed by atoms with van der Waals surface area (Å²) in [6, 6.07) is 7.97. The van der Waals surface area contributed by atoms with E-state index in [1.54, 1.807) is 7.11 Å². The number of hydrogen-bond acceptors (Lipinski definition) is 3. The van der Waals surface area contributed by atoms with Crippen LogP contribution in [0.3, 0.4) is 0 Å². The van der Waals surface area contributed by atoms with Crippen LogP contribution in [0.15, 0.2) is 24.3 Å². The molecule has 0 bridgehead atoms. The van der Waals surface area contributed by atoms with Gasteiger partial charge in [-0.25, -0.2) is 0 Å². The molecule has 1 fully saturated rings. The van der Waals surface area contributed by atoms with Gasteiger partial charge >= 0.3 is 0 Å². The van der Waals surface area contributed by atoms with Gasteiger partial charge in [0.25, 0.3) is 0 Å². The van der Waals surface area contributed by atoms with E-state index in [0.29, 0.717) is 6.61 Å². The first kappa shape index (κ1) is 13.9. The van der Waals surface area contributed by atoms with Crippen molar-refractivity contribution in [3.05, 3.63) is 29.8 Å². The van der Waals surface area contributed by atoms with Gasteiger partial charge in [-0.1, -0.05) is 24.1 Å². The number of benzene rings is 1. The first-order valence-electron chi connectivity index (χ1n) is 6.70. The summed E-state index contributed by atoms with van der Waals surface area (Å²) in [6.45, 7) is 1.96. The van der Waals surface area contributed by atoms with Crippen LogP contribution in [0.1, 0.15) is 24.8 Å². The van der Waals surface area contributed by atoms with Crippen LogP contribution in [0, 0.1) is 12.3 Å². The Morgan fingerprint density at radius 2 is 2.16 bits per heavy atom. The molecule has 1 aromatic rings. The zero-order valence-corrected chi connectivity index (χ0v) is 11.4. The molecular weight excluding hydrogens is 238 g/mol. The molecule has 19 heavy (non-hydrogen) atoms. The van der Waals surface area contributed by atoms with E-state index in [4.69, 9.17) is 15.9 Å². The van der Waals surface area contributed by atoms with Crippen molar-refractivity contribution in [2.24, 2.45) is 0 Å². The van der Waals surface area contributed by atoms with Gasteiger partial charge in [-0.05, 0) is 25.3 Å². The summed E-state index contributed by atoms with van der Waals surface area (Å²) in [6.07, 6.45) is 8.77. The van der Waals surface area contributed by atoms with Gasteiger partial charge in [0.05, 0.1) is 5.60 Å². The Morgan fingerprint density at radius 1 is 1.37 bits per heavy atom. The minimum atomic E-state index is 0.0502. The molecule has 3 heteroatoms. The summed E-state index contributed by atoms with van der Waals surface area (Å²) < 4.78 is 11.1. The van der Waals surface area contributed by atoms with E-state index in [2.05, 4.69) is 17.3 Å². The van der Waals surface area contributed by atoms with Gasteiger partial charge in [-0.2, -0.15) is 0 Å². The summed E-state index contributed by atoms with van der Waals surface area (Å²) in [5.74, 6) is 3.34. The lowest BCUT2D eigenvalue weighted by atomic mass is 9.80. The maximum Gasteiger partial charge on any atom is 0.148 e. The minimum Gasteiger partial charge on any atom is -0.481 e. The van der Waals surface area contributed by atoms with Crippen LogP contribution in [-0.2, 0) is 11.3 Å². The average Bonchev–Trinajstić information content (AvgIpc) is 2.40. The number of terminal acetylenes is 1. The van der Waals surface area contributed by atoms with Crippen molar-refractivity contribution in [1.82, 2.24) is 5.32 Å². The van der Waals surface area contributed by atoms with Crippen LogP contribution in [0.25, 0.3) is 0 Å². The van der Waals surface area contributed by atoms with Gasteiger partial charge in [0.1, 0.15) is 12.4 Å². The Kier molecular flexibility index (Phi) is 4.84. The first-order valence-corrected chi connectivity index (χ1v) is 6.70. The van der Waals surface area contributed by atoms with E-state index < -0.39 is 0 Å². The molecule has 1 aliphatic carbocycles. The van der Waals surface area contributed by atoms with Crippen LogP contribution in [0.2, 0.25) is 0 Å². The number of ether oxygens (including phenoxy) is 2. The van der Waals surface area contributed by atoms with Crippen molar-refractivity contribution in [1.29, 1.82) is 0 Å². The van der Waals surface area contributed by atoms with Crippen LogP contribution < -0.4 is 10.1 Å². The molecule has 1 saturated carbocycles. The Bertz CT molecular complexity index is 441. The molecule has 3 nitrogen and oxygen atoms in total. The molecule has 2 rings (SSSR count). The van der Waals surface area contributed by atoms with Gasteiger partial charge in [-0.15, -0.1) is 6.42 Å². The van der Waals surface area contributed by atoms with Crippen molar-refractivity contribution in [2.45, 2.75) is 31.4 Å². The predicted octanol–water partition coefficient (Wildman–Crippen LogP) is 2.36. The summed E-state index contributed by atoms with van der Waals surface area (Å²) in [5.41, 5.74) is 1.18. The lowest BCUT2D eigenvalue weighted by Crippen LogP contribution is -2.47. The third-order valence-electron chi connectivity index (χ3n) is 3.74. The third-order valence-corrected chi connectivity index (χ3v) is 3.74. The van der Waals surface area contributed by atoms with Gasteiger partial charge in [0.2, 0.25) is 0 Å². The van der Waals surface area contributed by atoms with E-state index >= 15 is 0 Å². The highest BCUT2D eigenvalue weighted by Gasteiger charge is 2.36. The summed E-state index contributed by atoms with van der Waals surface area (Å²) in [5, 5.41) is 3.46. The van der Waals surface area contributed by atoms with Gasteiger partial charge in [-0.3, -0.25) is 0 Å². The number of nitrogens with one attached hydrogen (secondary N) is 1. The highest BCUT2D eigenvalue weighted by molar-refractivity contribution is 5.33. The third kappa shape index (κ3) is 3.50. The molecule has 0 aromatic heterocycles. The minimum absolute atomic E-state index is 0.0502. The van der Waals surface area contributed by atoms with E-state index in [1.165, 1.54) is 6.42 Å². The second-order valence-electron chi connectivity index (χ2n) is 4.94. The van der Waals surface area contributed by atoms with Crippen molar-refractivity contribution in [3.63, 3.8) is 0 Å². The number of hydrogen-bond donors (Lipinski definition) is 1. The zero-order chi connectivity index (χ0) is 13.6. The van der Waals surface area contributed by atoms with Crippen LogP contribution in [0.5, 0.6) is 5.75 Å². The molecule has 0 unspecified atom stereocenters. The first-order chi connectivity index (χ1) is 9.29. The van der Waals surface area contributed by atoms with E-state index in [-0.39, 0.29) is 5.60 Å². The Balaban J connectivity index is 1.87. The molecule has 102 valence electrons. The molecule has 0 spiro atoms. The molecule has 0 saturated heterocycles. The molecule has 0 radical (unpaired) electrons. The fourth-order valence-electron chi connectivity index (χ4n) is 2.36. The highest BCUT2D eigenvalue weighted by Crippen LogP contribution is 2.34. The van der Waals surface area contributed by atoms with Crippen molar-refractivity contribution < 1.29 is 9.47 Å². The average molecular weight is 259 g/mol. The van der Waals surface area contributed by atoms with Gasteiger partial charge in [0, 0.05) is 25.8 Å². The Labute approximate surface area is 115 Å². The van der Waals surface area contributed by atoms with Crippen LogP contribution in [-0.4, -0.2) is 25.9 Å². The smallest absolute Gasteiger partial charge is 0.148 e. The molecule has 1 aliphatic rings. The zero-order valence-electron chi connectivity index (χ0n) is 11.4. The lowest BCUT2D eigenvalue weighted by molar-refractivity contribution is -0.0695. The fraction of sp³-hybridized carbons (Fsp3) is 0.500. The fourth-order valence-corrected chi connectivity index (χ4v) is 2.36. The topological polar surface area (TPSA) is 30.5 Å². The maximum absolute atomic E-state index is 5.59. The largest absolute Gasteiger partial charge is 0.481 e. The molecule has 1 N–H and O–H groups in total. The van der Waals surface area contributed by atoms with Crippen molar-refractivity contribution in [2.75, 3.05) is 20.3 Å². The Hall–Kier alpha value is -1.50. The molecule has 1 aromatic carbocycles. The molecule has 0 amide bonds. The maximum atomic E-state index is 5.59. The molecule has 0 heterocycles. The van der Waals surface area contributed by atoms with Crippen LogP contribution in [0.4, 0.5) is 0 Å². The van der Waals surface area contributed by atoms with E-state index in [0.717, 1.165) is 37.2 Å². The number of para-hydroxylation sites is 1. The molecular formula is C16H21NO2. The van der Waals surface area contributed by atoms with Gasteiger partial charge < -0.3 is 14.8 Å². The van der Waals surface area contributed by atoms with Gasteiger partial charge in [0.15, 0.2) is 0 Å². The standard InChI is InChI=1S/C16H21NO2/c1-3-11-19-15-8-5-4-7-14(15)12-17-13-16(18-2)9-6-10-16/h1,4-5,7-8,17H,6,9-13H2,2H3. The summed E-state index contributed by atoms with van der Waals surface area (Å²) in [4.78, 5) is 0. The van der Waals surface area contributed by atoms with E-state index in [1.807, 2.05) is 18.2 Å². The second kappa shape index (κ2) is 6.60. The predicted molar refractivity (Wildman–Crippen MR) is 76.1 cm³/mol. The van der Waals surface area contributed by atoms with Crippen molar-refractivity contribution in [3.8, 4) is 18.1 Å². The lowest BCUT2D eigenvalue weighted by Gasteiger charge is -2.40. The molecule has 0 atom stereocenters. The Morgan fingerprint density at radius 3 is 2.79 bits per heavy atom. The summed E-state index contributed by atoms with van der Waals surface area (Å²) in [7, 11) is 1.80. The van der Waals surface area contributed by atoms with Crippen LogP contribution >= 0.6 is 0 Å².